The average Bonchev–Trinajstić information content (AvgIpc) is 2.81. The van der Waals surface area contributed by atoms with Gasteiger partial charge in [-0.05, 0) is 6.92 Å². The maximum atomic E-state index is 12.1. The zero-order chi connectivity index (χ0) is 13.8. The SMILES string of the molecule is CCN(C)c1nc(N)c(C(=O)Nc2cncnc2)s1. The van der Waals surface area contributed by atoms with Crippen LogP contribution < -0.4 is 16.0 Å². The van der Waals surface area contributed by atoms with Crippen LogP contribution in [-0.4, -0.2) is 34.5 Å². The molecule has 0 atom stereocenters. The quantitative estimate of drug-likeness (QED) is 0.873. The molecule has 0 saturated heterocycles. The van der Waals surface area contributed by atoms with E-state index in [1.807, 2.05) is 18.9 Å². The van der Waals surface area contributed by atoms with Crippen LogP contribution in [0.3, 0.4) is 0 Å². The van der Waals surface area contributed by atoms with Gasteiger partial charge in [-0.2, -0.15) is 0 Å². The van der Waals surface area contributed by atoms with Gasteiger partial charge in [0.25, 0.3) is 5.91 Å². The lowest BCUT2D eigenvalue weighted by atomic mass is 10.4. The normalized spacial score (nSPS) is 10.2. The second-order valence-electron chi connectivity index (χ2n) is 3.81. The van der Waals surface area contributed by atoms with E-state index in [-0.39, 0.29) is 11.7 Å². The zero-order valence-electron chi connectivity index (χ0n) is 10.6. The number of nitrogens with two attached hydrogens (primary N) is 1. The van der Waals surface area contributed by atoms with E-state index in [0.717, 1.165) is 11.7 Å². The Balaban J connectivity index is 2.18. The molecule has 0 radical (unpaired) electrons. The molecule has 0 aliphatic carbocycles. The van der Waals surface area contributed by atoms with Crippen LogP contribution in [0, 0.1) is 0 Å². The molecular formula is C11H14N6OS. The molecule has 0 unspecified atom stereocenters. The van der Waals surface area contributed by atoms with Gasteiger partial charge >= 0.3 is 0 Å². The van der Waals surface area contributed by atoms with E-state index in [1.165, 1.54) is 30.1 Å². The molecule has 0 bridgehead atoms. The highest BCUT2D eigenvalue weighted by atomic mass is 32.1. The number of aromatic nitrogens is 3. The largest absolute Gasteiger partial charge is 0.382 e. The number of rotatable bonds is 4. The van der Waals surface area contributed by atoms with Gasteiger partial charge in [0.1, 0.15) is 17.0 Å². The Labute approximate surface area is 114 Å². The van der Waals surface area contributed by atoms with E-state index in [0.29, 0.717) is 10.6 Å². The Kier molecular flexibility index (Phi) is 3.91. The van der Waals surface area contributed by atoms with Crippen molar-refractivity contribution in [1.29, 1.82) is 0 Å². The monoisotopic (exact) mass is 278 g/mol. The van der Waals surface area contributed by atoms with Crippen molar-refractivity contribution in [2.45, 2.75) is 6.92 Å². The highest BCUT2D eigenvalue weighted by Gasteiger charge is 2.17. The predicted octanol–water partition coefficient (Wildman–Crippen LogP) is 1.22. The second-order valence-corrected chi connectivity index (χ2v) is 4.78. The number of amides is 1. The number of nitrogens with zero attached hydrogens (tertiary/aromatic N) is 4. The number of carbonyl (C=O) groups is 1. The third-order valence-electron chi connectivity index (χ3n) is 2.47. The standard InChI is InChI=1S/C11H14N6OS/c1-3-17(2)11-16-9(12)8(19-11)10(18)15-7-4-13-6-14-5-7/h4-6H,3,12H2,1-2H3,(H,15,18). The fraction of sp³-hybridized carbons (Fsp3) is 0.273. The van der Waals surface area contributed by atoms with Gasteiger partial charge in [-0.15, -0.1) is 0 Å². The summed E-state index contributed by atoms with van der Waals surface area (Å²) in [6.07, 6.45) is 4.42. The maximum Gasteiger partial charge on any atom is 0.269 e. The lowest BCUT2D eigenvalue weighted by Gasteiger charge is -2.10. The Bertz CT molecular complexity index is 570. The Morgan fingerprint density at radius 1 is 1.47 bits per heavy atom. The highest BCUT2D eigenvalue weighted by molar-refractivity contribution is 7.18. The van der Waals surface area contributed by atoms with Gasteiger partial charge < -0.3 is 16.0 Å². The molecule has 2 rings (SSSR count). The summed E-state index contributed by atoms with van der Waals surface area (Å²) in [7, 11) is 1.89. The summed E-state index contributed by atoms with van der Waals surface area (Å²) in [5, 5.41) is 3.39. The third kappa shape index (κ3) is 2.97. The second kappa shape index (κ2) is 5.61. The molecule has 0 aliphatic heterocycles. The molecule has 0 aliphatic rings. The van der Waals surface area contributed by atoms with Crippen LogP contribution in [-0.2, 0) is 0 Å². The van der Waals surface area contributed by atoms with Gasteiger partial charge in [0.15, 0.2) is 5.13 Å². The third-order valence-corrected chi connectivity index (χ3v) is 3.65. The van der Waals surface area contributed by atoms with Crippen LogP contribution in [0.25, 0.3) is 0 Å². The molecular weight excluding hydrogens is 264 g/mol. The van der Waals surface area contributed by atoms with Gasteiger partial charge in [-0.1, -0.05) is 11.3 Å². The molecule has 3 N–H and O–H groups in total. The number of hydrogen-bond acceptors (Lipinski definition) is 7. The zero-order valence-corrected chi connectivity index (χ0v) is 11.4. The van der Waals surface area contributed by atoms with E-state index in [9.17, 15) is 4.79 Å². The molecule has 19 heavy (non-hydrogen) atoms. The van der Waals surface area contributed by atoms with Gasteiger partial charge in [-0.3, -0.25) is 4.79 Å². The number of hydrogen-bond donors (Lipinski definition) is 2. The summed E-state index contributed by atoms with van der Waals surface area (Å²) < 4.78 is 0. The minimum atomic E-state index is -0.305. The van der Waals surface area contributed by atoms with Crippen molar-refractivity contribution in [1.82, 2.24) is 15.0 Å². The van der Waals surface area contributed by atoms with E-state index >= 15 is 0 Å². The Morgan fingerprint density at radius 2 is 2.16 bits per heavy atom. The van der Waals surface area contributed by atoms with Crippen LogP contribution in [0.2, 0.25) is 0 Å². The summed E-state index contributed by atoms with van der Waals surface area (Å²) in [5.74, 6) is -0.0739. The molecule has 0 spiro atoms. The molecule has 0 saturated carbocycles. The molecule has 1 amide bonds. The Hall–Kier alpha value is -2.22. The first-order valence-electron chi connectivity index (χ1n) is 5.65. The number of nitrogens with one attached hydrogen (secondary N) is 1. The van der Waals surface area contributed by atoms with Gasteiger partial charge in [0, 0.05) is 13.6 Å². The smallest absolute Gasteiger partial charge is 0.269 e. The molecule has 2 aromatic rings. The lowest BCUT2D eigenvalue weighted by Crippen LogP contribution is -2.15. The van der Waals surface area contributed by atoms with Crippen LogP contribution in [0.15, 0.2) is 18.7 Å². The average molecular weight is 278 g/mol. The van der Waals surface area contributed by atoms with Crippen LogP contribution in [0.1, 0.15) is 16.6 Å². The summed E-state index contributed by atoms with van der Waals surface area (Å²) in [4.78, 5) is 26.2. The maximum absolute atomic E-state index is 12.1. The predicted molar refractivity (Wildman–Crippen MR) is 75.5 cm³/mol. The lowest BCUT2D eigenvalue weighted by molar-refractivity contribution is 0.103. The molecule has 8 heteroatoms. The Morgan fingerprint density at radius 3 is 2.79 bits per heavy atom. The molecule has 2 heterocycles. The molecule has 0 aromatic carbocycles. The van der Waals surface area contributed by atoms with Gasteiger partial charge in [0.2, 0.25) is 0 Å². The summed E-state index contributed by atoms with van der Waals surface area (Å²) in [6.45, 7) is 2.79. The fourth-order valence-electron chi connectivity index (χ4n) is 1.33. The number of thiazole rings is 1. The van der Waals surface area contributed by atoms with Crippen LogP contribution >= 0.6 is 11.3 Å². The van der Waals surface area contributed by atoms with Gasteiger partial charge in [-0.25, -0.2) is 15.0 Å². The van der Waals surface area contributed by atoms with Crippen molar-refractivity contribution in [2.75, 3.05) is 29.5 Å². The van der Waals surface area contributed by atoms with Crippen molar-refractivity contribution >= 4 is 33.9 Å². The van der Waals surface area contributed by atoms with Gasteiger partial charge in [0.05, 0.1) is 18.1 Å². The van der Waals surface area contributed by atoms with E-state index in [4.69, 9.17) is 5.73 Å². The molecule has 2 aromatic heterocycles. The van der Waals surface area contributed by atoms with Crippen molar-refractivity contribution in [3.63, 3.8) is 0 Å². The fourth-order valence-corrected chi connectivity index (χ4v) is 2.24. The van der Waals surface area contributed by atoms with E-state index in [2.05, 4.69) is 20.3 Å². The summed E-state index contributed by atoms with van der Waals surface area (Å²) in [5.41, 5.74) is 6.29. The first-order chi connectivity index (χ1) is 9.11. The van der Waals surface area contributed by atoms with Crippen molar-refractivity contribution in [2.24, 2.45) is 0 Å². The molecule has 100 valence electrons. The van der Waals surface area contributed by atoms with Crippen molar-refractivity contribution < 1.29 is 4.79 Å². The van der Waals surface area contributed by atoms with E-state index < -0.39 is 0 Å². The van der Waals surface area contributed by atoms with Crippen LogP contribution in [0.4, 0.5) is 16.6 Å². The summed E-state index contributed by atoms with van der Waals surface area (Å²) >= 11 is 1.26. The highest BCUT2D eigenvalue weighted by Crippen LogP contribution is 2.27. The minimum Gasteiger partial charge on any atom is -0.382 e. The molecule has 7 nitrogen and oxygen atoms in total. The first kappa shape index (κ1) is 13.2. The summed E-state index contributed by atoms with van der Waals surface area (Å²) in [6, 6.07) is 0. The topological polar surface area (TPSA) is 97.0 Å². The molecule has 0 fully saturated rings. The number of nitrogen functional groups attached to an aromatic ring is 1. The van der Waals surface area contributed by atoms with E-state index in [1.54, 1.807) is 0 Å². The number of carbonyl (C=O) groups excluding carboxylic acids is 1. The van der Waals surface area contributed by atoms with Crippen LogP contribution in [0.5, 0.6) is 0 Å². The minimum absolute atomic E-state index is 0.231. The number of anilines is 3. The first-order valence-corrected chi connectivity index (χ1v) is 6.47. The van der Waals surface area contributed by atoms with Crippen molar-refractivity contribution in [3.8, 4) is 0 Å². The van der Waals surface area contributed by atoms with Crippen molar-refractivity contribution in [3.05, 3.63) is 23.6 Å².